The van der Waals surface area contributed by atoms with Crippen LogP contribution in [0.3, 0.4) is 0 Å². The first-order chi connectivity index (χ1) is 20.4. The summed E-state index contributed by atoms with van der Waals surface area (Å²) in [4.78, 5) is 44.2. The number of hydrogen-bond donors (Lipinski definition) is 3. The number of benzene rings is 2. The molecule has 43 heavy (non-hydrogen) atoms. The minimum absolute atomic E-state index is 0.0438. The van der Waals surface area contributed by atoms with Gasteiger partial charge in [0.1, 0.15) is 23.5 Å². The van der Waals surface area contributed by atoms with Crippen molar-refractivity contribution in [1.29, 1.82) is 0 Å². The van der Waals surface area contributed by atoms with Crippen LogP contribution in [-0.4, -0.2) is 79.3 Å². The molecule has 11 nitrogen and oxygen atoms in total. The van der Waals surface area contributed by atoms with Crippen LogP contribution < -0.4 is 16.0 Å². The number of nitrogens with zero attached hydrogens (tertiary/aromatic N) is 4. The van der Waals surface area contributed by atoms with Gasteiger partial charge in [-0.2, -0.15) is 0 Å². The third-order valence-electron chi connectivity index (χ3n) is 8.10. The second-order valence-electron chi connectivity index (χ2n) is 10.8. The van der Waals surface area contributed by atoms with E-state index in [-0.39, 0.29) is 37.7 Å². The van der Waals surface area contributed by atoms with E-state index in [1.54, 1.807) is 30.3 Å². The van der Waals surface area contributed by atoms with Gasteiger partial charge in [0.15, 0.2) is 5.69 Å². The fourth-order valence-electron chi connectivity index (χ4n) is 5.63. The number of aromatic nitrogens is 2. The Kier molecular flexibility index (Phi) is 8.06. The Hall–Kier alpha value is -4.59. The highest BCUT2D eigenvalue weighted by Crippen LogP contribution is 2.40. The number of likely N-dealkylation sites (tertiary alicyclic amines) is 2. The minimum Gasteiger partial charge on any atom is -0.465 e. The summed E-state index contributed by atoms with van der Waals surface area (Å²) >= 11 is 0. The molecule has 2 aromatic carbocycles. The van der Waals surface area contributed by atoms with Crippen LogP contribution in [0, 0.1) is 11.7 Å². The van der Waals surface area contributed by atoms with E-state index < -0.39 is 71.9 Å². The number of nitrogen functional groups attached to an aromatic ring is 1. The maximum absolute atomic E-state index is 15.6. The van der Waals surface area contributed by atoms with E-state index in [0.29, 0.717) is 0 Å². The van der Waals surface area contributed by atoms with Gasteiger partial charge in [0.2, 0.25) is 11.8 Å². The highest BCUT2D eigenvalue weighted by atomic mass is 19.3. The van der Waals surface area contributed by atoms with Crippen molar-refractivity contribution in [2.45, 2.75) is 36.8 Å². The summed E-state index contributed by atoms with van der Waals surface area (Å²) in [5, 5.41) is 20.6. The number of aliphatic hydroxyl groups is 1. The van der Waals surface area contributed by atoms with Gasteiger partial charge in [-0.05, 0) is 36.2 Å². The number of carboxylic acid groups (broad SMARTS) is 1. The van der Waals surface area contributed by atoms with Crippen LogP contribution in [0.15, 0.2) is 65.7 Å². The van der Waals surface area contributed by atoms with Crippen molar-refractivity contribution in [1.82, 2.24) is 19.4 Å². The molecular weight excluding hydrogens is 571 g/mol. The topological polar surface area (TPSA) is 151 Å². The fraction of sp³-hybridized carbons (Fsp3) is 0.379. The normalized spacial score (nSPS) is 23.5. The molecule has 1 aromatic heterocycles. The van der Waals surface area contributed by atoms with E-state index in [1.807, 2.05) is 0 Å². The van der Waals surface area contributed by atoms with Gasteiger partial charge in [0.05, 0.1) is 13.1 Å². The van der Waals surface area contributed by atoms with Crippen molar-refractivity contribution in [3.63, 3.8) is 0 Å². The van der Waals surface area contributed by atoms with Crippen molar-refractivity contribution in [3.05, 3.63) is 82.7 Å². The van der Waals surface area contributed by atoms with Gasteiger partial charge in [0.25, 0.3) is 11.5 Å². The molecule has 0 radical (unpaired) electrons. The van der Waals surface area contributed by atoms with Crippen LogP contribution in [-0.2, 0) is 11.3 Å². The van der Waals surface area contributed by atoms with Gasteiger partial charge in [-0.1, -0.05) is 30.3 Å². The van der Waals surface area contributed by atoms with E-state index in [0.717, 1.165) is 33.5 Å². The first-order valence-electron chi connectivity index (χ1n) is 13.6. The smallest absolute Gasteiger partial charge is 0.407 e. The highest BCUT2D eigenvalue weighted by molar-refractivity contribution is 5.81. The fourth-order valence-corrected chi connectivity index (χ4v) is 5.63. The molecule has 0 saturated carbocycles. The average Bonchev–Trinajstić information content (AvgIpc) is 2.99. The molecule has 0 spiro atoms. The predicted octanol–water partition coefficient (Wildman–Crippen LogP) is 3.14. The van der Waals surface area contributed by atoms with Gasteiger partial charge in [-0.25, -0.2) is 22.9 Å². The maximum Gasteiger partial charge on any atom is 0.407 e. The third-order valence-corrected chi connectivity index (χ3v) is 8.10. The lowest BCUT2D eigenvalue weighted by Crippen LogP contribution is -2.64. The Bertz CT molecular complexity index is 1550. The Morgan fingerprint density at radius 3 is 2.42 bits per heavy atom. The Morgan fingerprint density at radius 1 is 1.07 bits per heavy atom. The van der Waals surface area contributed by atoms with Crippen LogP contribution in [0.1, 0.15) is 24.3 Å². The second kappa shape index (κ2) is 11.6. The zero-order chi connectivity index (χ0) is 30.9. The lowest BCUT2D eigenvalue weighted by atomic mass is 9.79. The number of anilines is 1. The number of amides is 2. The summed E-state index contributed by atoms with van der Waals surface area (Å²) in [6.45, 7) is -2.02. The molecule has 2 fully saturated rings. The van der Waals surface area contributed by atoms with Gasteiger partial charge >= 0.3 is 6.09 Å². The van der Waals surface area contributed by atoms with Crippen LogP contribution in [0.25, 0.3) is 0 Å². The van der Waals surface area contributed by atoms with Gasteiger partial charge in [0, 0.05) is 37.9 Å². The number of ether oxygens (including phenoxy) is 1. The van der Waals surface area contributed by atoms with Crippen molar-refractivity contribution < 1.29 is 37.7 Å². The van der Waals surface area contributed by atoms with Crippen LogP contribution in [0.4, 0.5) is 23.7 Å². The zero-order valence-electron chi connectivity index (χ0n) is 22.9. The average molecular weight is 602 g/mol. The molecule has 228 valence electrons. The quantitative estimate of drug-likeness (QED) is 0.390. The van der Waals surface area contributed by atoms with Crippen molar-refractivity contribution in [3.8, 4) is 11.6 Å². The Labute approximate surface area is 243 Å². The summed E-state index contributed by atoms with van der Waals surface area (Å²) in [5.41, 5.74) is 2.46. The van der Waals surface area contributed by atoms with Crippen molar-refractivity contribution in [2.24, 2.45) is 5.92 Å². The van der Waals surface area contributed by atoms with Gasteiger partial charge in [-0.15, -0.1) is 0 Å². The number of piperidine rings is 2. The van der Waals surface area contributed by atoms with Crippen LogP contribution in [0.5, 0.6) is 11.6 Å². The number of nitrogens with two attached hydrogens (primary N) is 1. The summed E-state index contributed by atoms with van der Waals surface area (Å²) < 4.78 is 50.5. The summed E-state index contributed by atoms with van der Waals surface area (Å²) in [7, 11) is 0. The molecule has 0 aliphatic carbocycles. The summed E-state index contributed by atoms with van der Waals surface area (Å²) in [5.74, 6) is -6.31. The molecule has 2 aliphatic rings. The SMILES string of the molecule is Nc1c(Oc2ccc(F)cc2)ncn(C[C@@]2(O)CCN(C(=O)[C@@H]3CCN(C(=O)O)C[C@H]3c3ccccc3)CC2(F)F)c1=O. The standard InChI is InChI=1S/C29H30F3N5O6/c30-19-6-8-20(9-7-19)43-24-23(33)26(39)37(17-34-24)15-28(42)11-13-36(16-29(28,31)32)25(38)21-10-12-35(27(40)41)14-22(21)18-4-2-1-3-5-18/h1-9,17,21-22,42H,10-16,33H2,(H,40,41)/t21-,22+,28+/m1/s1. The molecule has 2 aliphatic heterocycles. The Balaban J connectivity index is 1.31. The minimum atomic E-state index is -3.82. The molecule has 3 atom stereocenters. The lowest BCUT2D eigenvalue weighted by Gasteiger charge is -2.46. The van der Waals surface area contributed by atoms with Crippen molar-refractivity contribution >= 4 is 17.7 Å². The molecule has 0 unspecified atom stereocenters. The van der Waals surface area contributed by atoms with E-state index in [1.165, 1.54) is 17.0 Å². The van der Waals surface area contributed by atoms with E-state index >= 15 is 8.78 Å². The number of hydrogen-bond acceptors (Lipinski definition) is 7. The predicted molar refractivity (Wildman–Crippen MR) is 147 cm³/mol. The molecular formula is C29H30F3N5O6. The van der Waals surface area contributed by atoms with Crippen LogP contribution in [0.2, 0.25) is 0 Å². The molecule has 3 heterocycles. The zero-order valence-corrected chi connectivity index (χ0v) is 22.9. The second-order valence-corrected chi connectivity index (χ2v) is 10.8. The van der Waals surface area contributed by atoms with E-state index in [2.05, 4.69) is 4.98 Å². The first kappa shape index (κ1) is 29.9. The largest absolute Gasteiger partial charge is 0.465 e. The van der Waals surface area contributed by atoms with Crippen LogP contribution >= 0.6 is 0 Å². The third kappa shape index (κ3) is 6.00. The number of rotatable bonds is 6. The first-order valence-corrected chi connectivity index (χ1v) is 13.6. The number of carbonyl (C=O) groups is 2. The molecule has 3 aromatic rings. The molecule has 14 heteroatoms. The number of carbonyl (C=O) groups excluding carboxylic acids is 1. The lowest BCUT2D eigenvalue weighted by molar-refractivity contribution is -0.223. The van der Waals surface area contributed by atoms with E-state index in [4.69, 9.17) is 10.5 Å². The monoisotopic (exact) mass is 601 g/mol. The van der Waals surface area contributed by atoms with Gasteiger partial charge < -0.3 is 30.5 Å². The molecule has 2 amide bonds. The summed E-state index contributed by atoms with van der Waals surface area (Å²) in [6, 6.07) is 13.7. The maximum atomic E-state index is 15.6. The van der Waals surface area contributed by atoms with Crippen molar-refractivity contribution in [2.75, 3.05) is 31.9 Å². The molecule has 5 rings (SSSR count). The summed E-state index contributed by atoms with van der Waals surface area (Å²) in [6.07, 6.45) is -0.592. The van der Waals surface area contributed by atoms with E-state index in [9.17, 15) is 29.0 Å². The number of halogens is 3. The number of alkyl halides is 2. The Morgan fingerprint density at radius 2 is 1.77 bits per heavy atom. The highest BCUT2D eigenvalue weighted by Gasteiger charge is 2.57. The molecule has 0 bridgehead atoms. The van der Waals surface area contributed by atoms with Gasteiger partial charge in [-0.3, -0.25) is 14.2 Å². The molecule has 4 N–H and O–H groups in total. The molecule has 2 saturated heterocycles.